The quantitative estimate of drug-likeness (QED) is 0.874. The average Bonchev–Trinajstić information content (AvgIpc) is 2.46. The van der Waals surface area contributed by atoms with Gasteiger partial charge in [0.15, 0.2) is 0 Å². The Hall–Kier alpha value is -1.55. The van der Waals surface area contributed by atoms with E-state index in [2.05, 4.69) is 0 Å². The number of benzene rings is 2. The van der Waals surface area contributed by atoms with E-state index >= 15 is 0 Å². The van der Waals surface area contributed by atoms with Crippen molar-refractivity contribution in [3.63, 3.8) is 0 Å². The fourth-order valence-corrected chi connectivity index (χ4v) is 2.41. The van der Waals surface area contributed by atoms with E-state index in [0.717, 1.165) is 16.7 Å². The SMILES string of the molecule is Cl.NC[C@H](CC(=O)O)c1ccc(Cl)c(-c2ccccc2)c1. The van der Waals surface area contributed by atoms with Crippen molar-refractivity contribution in [2.45, 2.75) is 12.3 Å². The molecule has 0 radical (unpaired) electrons. The molecule has 2 aromatic rings. The number of aliphatic carboxylic acids is 1. The number of carboxylic acids is 1. The number of carbonyl (C=O) groups is 1. The Kier molecular flexibility index (Phi) is 6.69. The largest absolute Gasteiger partial charge is 0.481 e. The smallest absolute Gasteiger partial charge is 0.304 e. The molecule has 3 N–H and O–H groups in total. The Labute approximate surface area is 135 Å². The first-order valence-electron chi connectivity index (χ1n) is 6.38. The molecule has 0 unspecified atom stereocenters. The minimum atomic E-state index is -0.850. The van der Waals surface area contributed by atoms with Gasteiger partial charge in [-0.2, -0.15) is 0 Å². The lowest BCUT2D eigenvalue weighted by Gasteiger charge is -2.15. The lowest BCUT2D eigenvalue weighted by molar-refractivity contribution is -0.137. The van der Waals surface area contributed by atoms with Gasteiger partial charge in [0.05, 0.1) is 6.42 Å². The summed E-state index contributed by atoms with van der Waals surface area (Å²) in [6.45, 7) is 0.294. The lowest BCUT2D eigenvalue weighted by Crippen LogP contribution is -2.16. The third-order valence-electron chi connectivity index (χ3n) is 3.25. The van der Waals surface area contributed by atoms with Crippen LogP contribution in [0.3, 0.4) is 0 Å². The lowest BCUT2D eigenvalue weighted by atomic mass is 9.92. The van der Waals surface area contributed by atoms with Crippen molar-refractivity contribution >= 4 is 30.0 Å². The highest BCUT2D eigenvalue weighted by atomic mass is 35.5. The minimum Gasteiger partial charge on any atom is -0.481 e. The molecule has 0 saturated carbocycles. The molecule has 0 saturated heterocycles. The summed E-state index contributed by atoms with van der Waals surface area (Å²) in [4.78, 5) is 10.9. The van der Waals surface area contributed by atoms with Crippen LogP contribution in [-0.2, 0) is 4.79 Å². The second kappa shape index (κ2) is 8.03. The van der Waals surface area contributed by atoms with E-state index in [1.165, 1.54) is 0 Å². The molecule has 0 spiro atoms. The van der Waals surface area contributed by atoms with E-state index in [1.54, 1.807) is 6.07 Å². The van der Waals surface area contributed by atoms with Crippen molar-refractivity contribution in [2.75, 3.05) is 6.54 Å². The van der Waals surface area contributed by atoms with Gasteiger partial charge in [-0.25, -0.2) is 0 Å². The first-order valence-corrected chi connectivity index (χ1v) is 6.76. The molecule has 2 rings (SSSR count). The minimum absolute atomic E-state index is 0. The van der Waals surface area contributed by atoms with Gasteiger partial charge in [0, 0.05) is 16.5 Å². The van der Waals surface area contributed by atoms with Crippen LogP contribution in [-0.4, -0.2) is 17.6 Å². The number of hydrogen-bond acceptors (Lipinski definition) is 2. The highest BCUT2D eigenvalue weighted by Gasteiger charge is 2.15. The van der Waals surface area contributed by atoms with Gasteiger partial charge < -0.3 is 10.8 Å². The predicted octanol–water partition coefficient (Wildman–Crippen LogP) is 3.95. The number of carboxylic acid groups (broad SMARTS) is 1. The first kappa shape index (κ1) is 17.5. The van der Waals surface area contributed by atoms with Crippen molar-refractivity contribution in [3.05, 3.63) is 59.1 Å². The maximum Gasteiger partial charge on any atom is 0.304 e. The van der Waals surface area contributed by atoms with Gasteiger partial charge >= 0.3 is 5.97 Å². The monoisotopic (exact) mass is 325 g/mol. The van der Waals surface area contributed by atoms with Crippen molar-refractivity contribution < 1.29 is 9.90 Å². The van der Waals surface area contributed by atoms with Gasteiger partial charge in [-0.3, -0.25) is 4.79 Å². The van der Waals surface area contributed by atoms with Gasteiger partial charge in [-0.15, -0.1) is 12.4 Å². The molecular formula is C16H17Cl2NO2. The molecule has 0 bridgehead atoms. The van der Waals surface area contributed by atoms with Crippen LogP contribution < -0.4 is 5.73 Å². The molecule has 0 aromatic heterocycles. The van der Waals surface area contributed by atoms with Gasteiger partial charge in [0.1, 0.15) is 0 Å². The zero-order chi connectivity index (χ0) is 14.5. The van der Waals surface area contributed by atoms with Crippen LogP contribution in [0.4, 0.5) is 0 Å². The van der Waals surface area contributed by atoms with Crippen LogP contribution in [0.15, 0.2) is 48.5 Å². The zero-order valence-electron chi connectivity index (χ0n) is 11.3. The standard InChI is InChI=1S/C16H16ClNO2.ClH/c17-15-7-6-12(13(10-18)9-16(19)20)8-14(15)11-4-2-1-3-5-11;/h1-8,13H,9-10,18H2,(H,19,20);1H/t13-;/m0./s1. The Balaban J connectivity index is 0.00000220. The molecule has 0 fully saturated rings. The van der Waals surface area contributed by atoms with E-state index in [4.69, 9.17) is 22.4 Å². The summed E-state index contributed by atoms with van der Waals surface area (Å²) in [5.41, 5.74) is 8.49. The number of hydrogen-bond donors (Lipinski definition) is 2. The molecule has 2 aromatic carbocycles. The van der Waals surface area contributed by atoms with Crippen LogP contribution in [0, 0.1) is 0 Å². The van der Waals surface area contributed by atoms with Gasteiger partial charge in [-0.1, -0.05) is 48.0 Å². The molecular weight excluding hydrogens is 309 g/mol. The molecule has 0 amide bonds. The molecule has 0 heterocycles. The van der Waals surface area contributed by atoms with Crippen molar-refractivity contribution in [1.29, 1.82) is 0 Å². The summed E-state index contributed by atoms with van der Waals surface area (Å²) in [6, 6.07) is 15.3. The summed E-state index contributed by atoms with van der Waals surface area (Å²) in [5.74, 6) is -1.05. The average molecular weight is 326 g/mol. The van der Waals surface area contributed by atoms with Crippen molar-refractivity contribution in [1.82, 2.24) is 0 Å². The molecule has 3 nitrogen and oxygen atoms in total. The molecule has 0 aliphatic carbocycles. The van der Waals surface area contributed by atoms with Crippen molar-refractivity contribution in [3.8, 4) is 11.1 Å². The topological polar surface area (TPSA) is 63.3 Å². The summed E-state index contributed by atoms with van der Waals surface area (Å²) in [6.07, 6.45) is 0.0202. The highest BCUT2D eigenvalue weighted by Crippen LogP contribution is 2.31. The Morgan fingerprint density at radius 3 is 2.43 bits per heavy atom. The maximum absolute atomic E-state index is 10.9. The number of rotatable bonds is 5. The Morgan fingerprint density at radius 2 is 1.86 bits per heavy atom. The molecule has 5 heteroatoms. The molecule has 0 aliphatic heterocycles. The van der Waals surface area contributed by atoms with Gasteiger partial charge in [0.2, 0.25) is 0 Å². The maximum atomic E-state index is 10.9. The molecule has 0 aliphatic rings. The fourth-order valence-electron chi connectivity index (χ4n) is 2.18. The van der Waals surface area contributed by atoms with Crippen LogP contribution in [0.1, 0.15) is 17.9 Å². The second-order valence-corrected chi connectivity index (χ2v) is 5.04. The van der Waals surface area contributed by atoms with Crippen LogP contribution in [0.5, 0.6) is 0 Å². The summed E-state index contributed by atoms with van der Waals surface area (Å²) in [5, 5.41) is 9.58. The van der Waals surface area contributed by atoms with Gasteiger partial charge in [0.25, 0.3) is 0 Å². The molecule has 21 heavy (non-hydrogen) atoms. The van der Waals surface area contributed by atoms with E-state index in [9.17, 15) is 4.79 Å². The number of halogens is 2. The van der Waals surface area contributed by atoms with E-state index in [0.29, 0.717) is 11.6 Å². The summed E-state index contributed by atoms with van der Waals surface area (Å²) < 4.78 is 0. The third kappa shape index (κ3) is 4.46. The van der Waals surface area contributed by atoms with E-state index in [1.807, 2.05) is 42.5 Å². The Morgan fingerprint density at radius 1 is 1.19 bits per heavy atom. The third-order valence-corrected chi connectivity index (χ3v) is 3.58. The molecule has 1 atom stereocenters. The molecule has 112 valence electrons. The van der Waals surface area contributed by atoms with E-state index < -0.39 is 5.97 Å². The summed E-state index contributed by atoms with van der Waals surface area (Å²) >= 11 is 6.24. The fraction of sp³-hybridized carbons (Fsp3) is 0.188. The van der Waals surface area contributed by atoms with Crippen LogP contribution in [0.25, 0.3) is 11.1 Å². The highest BCUT2D eigenvalue weighted by molar-refractivity contribution is 6.33. The number of nitrogens with two attached hydrogens (primary N) is 1. The second-order valence-electron chi connectivity index (χ2n) is 4.64. The first-order chi connectivity index (χ1) is 9.61. The van der Waals surface area contributed by atoms with Crippen LogP contribution >= 0.6 is 24.0 Å². The predicted molar refractivity (Wildman–Crippen MR) is 88.2 cm³/mol. The van der Waals surface area contributed by atoms with Crippen molar-refractivity contribution in [2.24, 2.45) is 5.73 Å². The van der Waals surface area contributed by atoms with Gasteiger partial charge in [-0.05, 0) is 29.8 Å². The Bertz CT molecular complexity index is 602. The van der Waals surface area contributed by atoms with E-state index in [-0.39, 0.29) is 24.7 Å². The summed E-state index contributed by atoms with van der Waals surface area (Å²) in [7, 11) is 0. The zero-order valence-corrected chi connectivity index (χ0v) is 12.9. The van der Waals surface area contributed by atoms with Crippen LogP contribution in [0.2, 0.25) is 5.02 Å². The normalized spacial score (nSPS) is 11.5.